The van der Waals surface area contributed by atoms with Crippen molar-refractivity contribution in [3.8, 4) is 0 Å². The number of nitrogens with zero attached hydrogens (tertiary/aromatic N) is 3. The molecular weight excluding hydrogens is 457 g/mol. The lowest BCUT2D eigenvalue weighted by Crippen LogP contribution is -2.52. The van der Waals surface area contributed by atoms with Crippen LogP contribution in [0.1, 0.15) is 5.56 Å². The van der Waals surface area contributed by atoms with Crippen LogP contribution in [0.25, 0.3) is 0 Å². The molecule has 1 aliphatic rings. The van der Waals surface area contributed by atoms with Gasteiger partial charge in [-0.25, -0.2) is 8.78 Å². The Morgan fingerprint density at radius 1 is 1.20 bits per heavy atom. The number of thiophene rings is 1. The summed E-state index contributed by atoms with van der Waals surface area (Å²) in [4.78, 5) is 8.34. The number of halogens is 3. The molecule has 0 amide bonds. The number of hydrogen-bond acceptors (Lipinski definition) is 3. The minimum Gasteiger partial charge on any atom is -0.366 e. The summed E-state index contributed by atoms with van der Waals surface area (Å²) in [5, 5.41) is 7.50. The van der Waals surface area contributed by atoms with E-state index in [0.717, 1.165) is 18.6 Å². The number of benzene rings is 1. The predicted octanol–water partition coefficient (Wildman–Crippen LogP) is 3.54. The van der Waals surface area contributed by atoms with Crippen LogP contribution < -0.4 is 10.2 Å². The highest BCUT2D eigenvalue weighted by Crippen LogP contribution is 2.22. The minimum absolute atomic E-state index is 0. The van der Waals surface area contributed by atoms with E-state index in [2.05, 4.69) is 26.7 Å². The second-order valence-corrected chi connectivity index (χ2v) is 6.38. The summed E-state index contributed by atoms with van der Waals surface area (Å²) >= 11 is 1.67. The van der Waals surface area contributed by atoms with Gasteiger partial charge in [0.2, 0.25) is 0 Å². The van der Waals surface area contributed by atoms with Crippen LogP contribution in [0.5, 0.6) is 0 Å². The lowest BCUT2D eigenvalue weighted by molar-refractivity contribution is 0.370. The Bertz CT molecular complexity index is 701. The SMILES string of the molecule is CN=C(NCc1ccsc1)N1CCN(c2cc(F)ccc2F)CC1.I. The number of aliphatic imine (C=N–C) groups is 1. The second kappa shape index (κ2) is 9.33. The van der Waals surface area contributed by atoms with Gasteiger partial charge in [0, 0.05) is 45.8 Å². The van der Waals surface area contributed by atoms with Crippen molar-refractivity contribution in [1.82, 2.24) is 10.2 Å². The quantitative estimate of drug-likeness (QED) is 0.416. The number of rotatable bonds is 3. The maximum Gasteiger partial charge on any atom is 0.194 e. The molecule has 0 radical (unpaired) electrons. The van der Waals surface area contributed by atoms with Gasteiger partial charge in [0.1, 0.15) is 11.6 Å². The molecule has 0 unspecified atom stereocenters. The molecule has 8 heteroatoms. The van der Waals surface area contributed by atoms with E-state index in [1.165, 1.54) is 17.7 Å². The molecule has 136 valence electrons. The third-order valence-corrected chi connectivity index (χ3v) is 4.80. The van der Waals surface area contributed by atoms with E-state index < -0.39 is 5.82 Å². The molecular formula is C17H21F2IN4S. The Hall–Kier alpha value is -1.42. The molecule has 0 aliphatic carbocycles. The van der Waals surface area contributed by atoms with Crippen molar-refractivity contribution in [2.24, 2.45) is 4.99 Å². The van der Waals surface area contributed by atoms with Crippen LogP contribution in [0.15, 0.2) is 40.0 Å². The molecule has 0 atom stereocenters. The number of guanidine groups is 1. The lowest BCUT2D eigenvalue weighted by Gasteiger charge is -2.37. The standard InChI is InChI=1S/C17H20F2N4S.HI/c1-20-17(21-11-13-4-9-24-12-13)23-7-5-22(6-8-23)16-10-14(18)2-3-15(16)19;/h2-4,9-10,12H,5-8,11H2,1H3,(H,20,21);1H. The fraction of sp³-hybridized carbons (Fsp3) is 0.353. The van der Waals surface area contributed by atoms with Gasteiger partial charge in [-0.2, -0.15) is 11.3 Å². The first-order chi connectivity index (χ1) is 11.7. The Morgan fingerprint density at radius 3 is 2.60 bits per heavy atom. The molecule has 1 aliphatic heterocycles. The molecule has 1 saturated heterocycles. The van der Waals surface area contributed by atoms with Gasteiger partial charge in [-0.3, -0.25) is 4.99 Å². The van der Waals surface area contributed by atoms with Gasteiger partial charge in [-0.15, -0.1) is 24.0 Å². The van der Waals surface area contributed by atoms with E-state index in [1.807, 2.05) is 10.3 Å². The van der Waals surface area contributed by atoms with E-state index in [1.54, 1.807) is 18.4 Å². The van der Waals surface area contributed by atoms with Crippen molar-refractivity contribution >= 4 is 47.0 Å². The monoisotopic (exact) mass is 478 g/mol. The van der Waals surface area contributed by atoms with Crippen LogP contribution in [0, 0.1) is 11.6 Å². The maximum absolute atomic E-state index is 13.9. The van der Waals surface area contributed by atoms with Crippen LogP contribution in [-0.2, 0) is 6.54 Å². The van der Waals surface area contributed by atoms with E-state index in [0.29, 0.717) is 31.9 Å². The topological polar surface area (TPSA) is 30.9 Å². The summed E-state index contributed by atoms with van der Waals surface area (Å²) in [5.41, 5.74) is 1.55. The largest absolute Gasteiger partial charge is 0.366 e. The molecule has 2 heterocycles. The smallest absolute Gasteiger partial charge is 0.194 e. The van der Waals surface area contributed by atoms with Crippen molar-refractivity contribution in [2.75, 3.05) is 38.1 Å². The van der Waals surface area contributed by atoms with Crippen molar-refractivity contribution < 1.29 is 8.78 Å². The van der Waals surface area contributed by atoms with Crippen molar-refractivity contribution in [3.63, 3.8) is 0 Å². The Morgan fingerprint density at radius 2 is 1.96 bits per heavy atom. The fourth-order valence-corrected chi connectivity index (χ4v) is 3.46. The summed E-state index contributed by atoms with van der Waals surface area (Å²) in [6, 6.07) is 5.66. The molecule has 0 bridgehead atoms. The zero-order valence-corrected chi connectivity index (χ0v) is 17.1. The first-order valence-electron chi connectivity index (χ1n) is 7.84. The average molecular weight is 478 g/mol. The van der Waals surface area contributed by atoms with Gasteiger partial charge in [0.05, 0.1) is 5.69 Å². The lowest BCUT2D eigenvalue weighted by atomic mass is 10.2. The van der Waals surface area contributed by atoms with Gasteiger partial charge >= 0.3 is 0 Å². The normalized spacial score (nSPS) is 15.1. The summed E-state index contributed by atoms with van der Waals surface area (Å²) in [5.74, 6) is 0.0347. The molecule has 0 saturated carbocycles. The minimum atomic E-state index is -0.415. The summed E-state index contributed by atoms with van der Waals surface area (Å²) < 4.78 is 27.3. The van der Waals surface area contributed by atoms with Gasteiger partial charge in [0.15, 0.2) is 5.96 Å². The molecule has 1 aromatic heterocycles. The molecule has 4 nitrogen and oxygen atoms in total. The summed E-state index contributed by atoms with van der Waals surface area (Å²) in [7, 11) is 1.76. The van der Waals surface area contributed by atoms with Gasteiger partial charge < -0.3 is 15.1 Å². The highest BCUT2D eigenvalue weighted by Gasteiger charge is 2.21. The number of nitrogens with one attached hydrogen (secondary N) is 1. The Balaban J connectivity index is 0.00000225. The number of anilines is 1. The molecule has 3 rings (SSSR count). The van der Waals surface area contributed by atoms with Gasteiger partial charge in [-0.05, 0) is 34.5 Å². The van der Waals surface area contributed by atoms with Crippen molar-refractivity contribution in [2.45, 2.75) is 6.54 Å². The van der Waals surface area contributed by atoms with Crippen LogP contribution in [-0.4, -0.2) is 44.1 Å². The van der Waals surface area contributed by atoms with E-state index >= 15 is 0 Å². The maximum atomic E-state index is 13.9. The van der Waals surface area contributed by atoms with Crippen LogP contribution in [0.2, 0.25) is 0 Å². The zero-order valence-electron chi connectivity index (χ0n) is 13.9. The first kappa shape index (κ1) is 19.9. The van der Waals surface area contributed by atoms with Crippen LogP contribution >= 0.6 is 35.3 Å². The average Bonchev–Trinajstić information content (AvgIpc) is 3.12. The summed E-state index contributed by atoms with van der Waals surface area (Å²) in [6.07, 6.45) is 0. The van der Waals surface area contributed by atoms with Crippen LogP contribution in [0.3, 0.4) is 0 Å². The zero-order chi connectivity index (χ0) is 16.9. The van der Waals surface area contributed by atoms with Gasteiger partial charge in [-0.1, -0.05) is 0 Å². The third-order valence-electron chi connectivity index (χ3n) is 4.07. The van der Waals surface area contributed by atoms with E-state index in [9.17, 15) is 8.78 Å². The third kappa shape index (κ3) is 5.04. The molecule has 0 spiro atoms. The predicted molar refractivity (Wildman–Crippen MR) is 110 cm³/mol. The fourth-order valence-electron chi connectivity index (χ4n) is 2.79. The second-order valence-electron chi connectivity index (χ2n) is 5.60. The van der Waals surface area contributed by atoms with Crippen molar-refractivity contribution in [1.29, 1.82) is 0 Å². The Kier molecular flexibility index (Phi) is 7.42. The highest BCUT2D eigenvalue weighted by molar-refractivity contribution is 14.0. The van der Waals surface area contributed by atoms with E-state index in [4.69, 9.17) is 0 Å². The molecule has 25 heavy (non-hydrogen) atoms. The first-order valence-corrected chi connectivity index (χ1v) is 8.78. The van der Waals surface area contributed by atoms with Gasteiger partial charge in [0.25, 0.3) is 0 Å². The summed E-state index contributed by atoms with van der Waals surface area (Å²) in [6.45, 7) is 3.40. The van der Waals surface area contributed by atoms with Crippen molar-refractivity contribution in [3.05, 3.63) is 52.2 Å². The molecule has 1 fully saturated rings. The molecule has 2 aromatic rings. The Labute approximate surface area is 167 Å². The number of piperazine rings is 1. The molecule has 1 N–H and O–H groups in total. The highest BCUT2D eigenvalue weighted by atomic mass is 127. The van der Waals surface area contributed by atoms with Crippen LogP contribution in [0.4, 0.5) is 14.5 Å². The number of hydrogen-bond donors (Lipinski definition) is 1. The van der Waals surface area contributed by atoms with E-state index in [-0.39, 0.29) is 29.8 Å². The molecule has 1 aromatic carbocycles.